The third-order valence-corrected chi connectivity index (χ3v) is 6.12. The maximum Gasteiger partial charge on any atom is 0.307 e. The van der Waals surface area contributed by atoms with Gasteiger partial charge in [0.05, 0.1) is 24.1 Å². The predicted molar refractivity (Wildman–Crippen MR) is 124 cm³/mol. The molecule has 0 aliphatic carbocycles. The smallest absolute Gasteiger partial charge is 0.307 e. The van der Waals surface area contributed by atoms with E-state index < -0.39 is 35.6 Å². The maximum absolute atomic E-state index is 12.6. The van der Waals surface area contributed by atoms with Crippen molar-refractivity contribution in [3.05, 3.63) is 126 Å². The van der Waals surface area contributed by atoms with E-state index in [0.717, 1.165) is 16.7 Å². The number of nitrogens with zero attached hydrogens (tertiary/aromatic N) is 1. The van der Waals surface area contributed by atoms with Crippen LogP contribution in [0.1, 0.15) is 34.7 Å². The van der Waals surface area contributed by atoms with Crippen molar-refractivity contribution < 1.29 is 19.8 Å². The van der Waals surface area contributed by atoms with Crippen LogP contribution in [-0.4, -0.2) is 32.1 Å². The molecule has 166 valence electrons. The molecule has 6 nitrogen and oxygen atoms in total. The number of carbonyl (C=O) groups is 2. The SMILES string of the molecule is O=C(O)C[C@@H](C(=O)O)C(c1cnc[nH]1)C(c1ccccc1)(c1ccccc1)c1ccccc1. The van der Waals surface area contributed by atoms with Gasteiger partial charge in [-0.15, -0.1) is 0 Å². The average molecular weight is 440 g/mol. The van der Waals surface area contributed by atoms with Crippen LogP contribution in [-0.2, 0) is 15.0 Å². The number of hydrogen-bond acceptors (Lipinski definition) is 3. The Morgan fingerprint density at radius 3 is 1.58 bits per heavy atom. The van der Waals surface area contributed by atoms with E-state index in [4.69, 9.17) is 0 Å². The van der Waals surface area contributed by atoms with Gasteiger partial charge in [0.25, 0.3) is 0 Å². The van der Waals surface area contributed by atoms with Crippen molar-refractivity contribution in [2.24, 2.45) is 5.92 Å². The van der Waals surface area contributed by atoms with Crippen molar-refractivity contribution in [1.82, 2.24) is 9.97 Å². The van der Waals surface area contributed by atoms with E-state index in [0.29, 0.717) is 5.69 Å². The van der Waals surface area contributed by atoms with Gasteiger partial charge in [-0.1, -0.05) is 91.0 Å². The molecule has 0 aliphatic heterocycles. The molecule has 1 aromatic heterocycles. The number of aromatic nitrogens is 2. The van der Waals surface area contributed by atoms with Crippen molar-refractivity contribution >= 4 is 11.9 Å². The molecule has 33 heavy (non-hydrogen) atoms. The first kappa shape index (κ1) is 22.0. The number of imidazole rings is 1. The van der Waals surface area contributed by atoms with Crippen molar-refractivity contribution in [2.45, 2.75) is 17.8 Å². The number of rotatable bonds is 9. The first-order chi connectivity index (χ1) is 16.0. The van der Waals surface area contributed by atoms with Crippen LogP contribution in [0.4, 0.5) is 0 Å². The summed E-state index contributed by atoms with van der Waals surface area (Å²) in [6, 6.07) is 28.9. The average Bonchev–Trinajstić information content (AvgIpc) is 3.37. The third-order valence-electron chi connectivity index (χ3n) is 6.12. The number of carboxylic acid groups (broad SMARTS) is 2. The van der Waals surface area contributed by atoms with E-state index in [2.05, 4.69) is 9.97 Å². The zero-order valence-electron chi connectivity index (χ0n) is 17.8. The van der Waals surface area contributed by atoms with Gasteiger partial charge in [-0.2, -0.15) is 0 Å². The Hall–Kier alpha value is -4.19. The lowest BCUT2D eigenvalue weighted by molar-refractivity contribution is -0.149. The Balaban J connectivity index is 2.16. The number of H-pyrrole nitrogens is 1. The number of aliphatic carboxylic acids is 2. The predicted octanol–water partition coefficient (Wildman–Crippen LogP) is 4.70. The minimum atomic E-state index is -1.23. The zero-order valence-corrected chi connectivity index (χ0v) is 17.8. The van der Waals surface area contributed by atoms with Gasteiger partial charge in [0.15, 0.2) is 0 Å². The molecule has 0 fully saturated rings. The van der Waals surface area contributed by atoms with Gasteiger partial charge in [-0.05, 0) is 16.7 Å². The highest BCUT2D eigenvalue weighted by Gasteiger charge is 2.51. The maximum atomic E-state index is 12.6. The van der Waals surface area contributed by atoms with Crippen molar-refractivity contribution in [1.29, 1.82) is 0 Å². The van der Waals surface area contributed by atoms with Gasteiger partial charge in [0.2, 0.25) is 0 Å². The molecule has 0 bridgehead atoms. The number of carboxylic acids is 2. The summed E-state index contributed by atoms with van der Waals surface area (Å²) in [4.78, 5) is 31.7. The van der Waals surface area contributed by atoms with Gasteiger partial charge < -0.3 is 15.2 Å². The molecule has 0 saturated carbocycles. The Morgan fingerprint density at radius 1 is 0.788 bits per heavy atom. The van der Waals surface area contributed by atoms with Crippen LogP contribution in [0.3, 0.4) is 0 Å². The van der Waals surface area contributed by atoms with Crippen molar-refractivity contribution in [2.75, 3.05) is 0 Å². The quantitative estimate of drug-likeness (QED) is 0.327. The van der Waals surface area contributed by atoms with E-state index in [1.807, 2.05) is 91.0 Å². The third kappa shape index (κ3) is 4.15. The molecule has 0 amide bonds. The van der Waals surface area contributed by atoms with E-state index in [-0.39, 0.29) is 0 Å². The highest BCUT2D eigenvalue weighted by atomic mass is 16.4. The van der Waals surface area contributed by atoms with Gasteiger partial charge in [0, 0.05) is 17.8 Å². The van der Waals surface area contributed by atoms with Crippen LogP contribution in [0.15, 0.2) is 104 Å². The lowest BCUT2D eigenvalue weighted by Crippen LogP contribution is -2.43. The van der Waals surface area contributed by atoms with Crippen LogP contribution < -0.4 is 0 Å². The Morgan fingerprint density at radius 2 is 1.24 bits per heavy atom. The number of aromatic amines is 1. The lowest BCUT2D eigenvalue weighted by Gasteiger charge is -2.44. The summed E-state index contributed by atoms with van der Waals surface area (Å²) < 4.78 is 0. The van der Waals surface area contributed by atoms with Gasteiger partial charge >= 0.3 is 11.9 Å². The van der Waals surface area contributed by atoms with Crippen LogP contribution in [0.25, 0.3) is 0 Å². The molecule has 3 aromatic carbocycles. The molecule has 1 unspecified atom stereocenters. The summed E-state index contributed by atoms with van der Waals surface area (Å²) in [5, 5.41) is 20.0. The molecule has 2 atom stereocenters. The largest absolute Gasteiger partial charge is 0.481 e. The summed E-state index contributed by atoms with van der Waals surface area (Å²) in [5.74, 6) is -4.37. The minimum Gasteiger partial charge on any atom is -0.481 e. The number of benzene rings is 3. The minimum absolute atomic E-state index is 0.534. The van der Waals surface area contributed by atoms with Gasteiger partial charge in [0.1, 0.15) is 0 Å². The Labute approximate surface area is 191 Å². The first-order valence-corrected chi connectivity index (χ1v) is 10.6. The summed E-state index contributed by atoms with van der Waals surface area (Å²) in [6.45, 7) is 0. The second kappa shape index (κ2) is 9.53. The van der Waals surface area contributed by atoms with Gasteiger partial charge in [-0.3, -0.25) is 9.59 Å². The van der Waals surface area contributed by atoms with Crippen LogP contribution in [0.2, 0.25) is 0 Å². The molecule has 0 aliphatic rings. The number of hydrogen-bond donors (Lipinski definition) is 3. The molecule has 0 spiro atoms. The number of nitrogens with one attached hydrogen (secondary N) is 1. The second-order valence-electron chi connectivity index (χ2n) is 7.93. The summed E-state index contributed by atoms with van der Waals surface area (Å²) in [7, 11) is 0. The Kier molecular flexibility index (Phi) is 6.36. The highest BCUT2D eigenvalue weighted by Crippen LogP contribution is 2.53. The summed E-state index contributed by atoms with van der Waals surface area (Å²) in [6.07, 6.45) is 2.55. The first-order valence-electron chi connectivity index (χ1n) is 10.6. The molecule has 4 rings (SSSR count). The zero-order chi connectivity index (χ0) is 23.3. The van der Waals surface area contributed by atoms with Crippen LogP contribution in [0.5, 0.6) is 0 Å². The molecule has 0 radical (unpaired) electrons. The van der Waals surface area contributed by atoms with E-state index in [9.17, 15) is 19.8 Å². The normalized spacial score (nSPS) is 13.2. The molecular weight excluding hydrogens is 416 g/mol. The van der Waals surface area contributed by atoms with E-state index in [1.165, 1.54) is 6.33 Å². The fraction of sp³-hybridized carbons (Fsp3) is 0.148. The van der Waals surface area contributed by atoms with E-state index >= 15 is 0 Å². The summed E-state index contributed by atoms with van der Waals surface area (Å²) >= 11 is 0. The van der Waals surface area contributed by atoms with Crippen molar-refractivity contribution in [3.8, 4) is 0 Å². The molecular formula is C27H24N2O4. The fourth-order valence-corrected chi connectivity index (χ4v) is 4.87. The molecule has 3 N–H and O–H groups in total. The van der Waals surface area contributed by atoms with E-state index in [1.54, 1.807) is 6.20 Å². The lowest BCUT2D eigenvalue weighted by atomic mass is 9.57. The second-order valence-corrected chi connectivity index (χ2v) is 7.93. The van der Waals surface area contributed by atoms with Gasteiger partial charge in [-0.25, -0.2) is 4.98 Å². The van der Waals surface area contributed by atoms with Crippen molar-refractivity contribution in [3.63, 3.8) is 0 Å². The summed E-state index contributed by atoms with van der Waals surface area (Å²) in [5.41, 5.74) is 2.13. The standard InChI is InChI=1S/C27H24N2O4/c30-24(31)16-22(26(32)33)25(23-17-28-18-29-23)27(19-10-4-1-5-11-19,20-12-6-2-7-13-20)21-14-8-3-9-15-21/h1-15,17-18,22,25H,16H2,(H,28,29)(H,30,31)(H,32,33)/t22-,25?/m1/s1. The molecule has 6 heteroatoms. The van der Waals surface area contributed by atoms with Crippen LogP contribution >= 0.6 is 0 Å². The molecule has 4 aromatic rings. The monoisotopic (exact) mass is 440 g/mol. The Bertz CT molecular complexity index is 1100. The fourth-order valence-electron chi connectivity index (χ4n) is 4.87. The molecule has 1 heterocycles. The van der Waals surface area contributed by atoms with Crippen LogP contribution in [0, 0.1) is 5.92 Å². The molecule has 0 saturated heterocycles. The topological polar surface area (TPSA) is 103 Å². The highest BCUT2D eigenvalue weighted by molar-refractivity contribution is 5.79.